The molecule has 0 aliphatic carbocycles. The molecule has 0 N–H and O–H groups in total. The van der Waals surface area contributed by atoms with Crippen molar-refractivity contribution in [2.24, 2.45) is 7.05 Å². The number of thiophene rings is 1. The molecule has 0 amide bonds. The van der Waals surface area contributed by atoms with Crippen LogP contribution in [0.25, 0.3) is 10.2 Å². The van der Waals surface area contributed by atoms with Crippen LogP contribution in [0.15, 0.2) is 29.9 Å². The van der Waals surface area contributed by atoms with Gasteiger partial charge in [0.15, 0.2) is 0 Å². The molecule has 3 heterocycles. The predicted octanol–water partition coefficient (Wildman–Crippen LogP) is 1.66. The molecule has 0 atom stereocenters. The van der Waals surface area contributed by atoms with Gasteiger partial charge in [-0.1, -0.05) is 5.21 Å². The second-order valence-electron chi connectivity index (χ2n) is 3.60. The first-order valence-corrected chi connectivity index (χ1v) is 5.86. The maximum atomic E-state index is 12.2. The van der Waals surface area contributed by atoms with Crippen LogP contribution in [0.3, 0.4) is 0 Å². The summed E-state index contributed by atoms with van der Waals surface area (Å²) < 4.78 is 2.46. The third kappa shape index (κ3) is 1.62. The van der Waals surface area contributed by atoms with E-state index in [0.717, 1.165) is 10.2 Å². The van der Waals surface area contributed by atoms with E-state index >= 15 is 0 Å². The molecule has 3 aromatic heterocycles. The Morgan fingerprint density at radius 2 is 2.29 bits per heavy atom. The van der Waals surface area contributed by atoms with Gasteiger partial charge in [0, 0.05) is 18.8 Å². The Morgan fingerprint density at radius 3 is 3.06 bits per heavy atom. The highest BCUT2D eigenvalue weighted by Crippen LogP contribution is 2.20. The zero-order valence-corrected chi connectivity index (χ0v) is 9.81. The van der Waals surface area contributed by atoms with E-state index in [0.29, 0.717) is 11.3 Å². The molecule has 17 heavy (non-hydrogen) atoms. The molecule has 0 spiro atoms. The number of nitrogens with zero attached hydrogens (tertiary/aromatic N) is 4. The summed E-state index contributed by atoms with van der Waals surface area (Å²) in [7, 11) is 1.69. The maximum Gasteiger partial charge on any atom is 0.214 e. The molecule has 84 valence electrons. The molecule has 0 aromatic carbocycles. The summed E-state index contributed by atoms with van der Waals surface area (Å²) >= 11 is 1.57. The lowest BCUT2D eigenvalue weighted by molar-refractivity contribution is 0.103. The molecule has 0 radical (unpaired) electrons. The summed E-state index contributed by atoms with van der Waals surface area (Å²) in [6.45, 7) is 0. The number of carbonyl (C=O) groups excluding carboxylic acids is 1. The molecular weight excluding hydrogens is 236 g/mol. The van der Waals surface area contributed by atoms with Crippen molar-refractivity contribution in [3.63, 3.8) is 0 Å². The zero-order chi connectivity index (χ0) is 11.8. The average molecular weight is 244 g/mol. The van der Waals surface area contributed by atoms with E-state index in [9.17, 15) is 4.79 Å². The second kappa shape index (κ2) is 3.74. The monoisotopic (exact) mass is 244 g/mol. The molecule has 5 nitrogen and oxygen atoms in total. The van der Waals surface area contributed by atoms with Crippen LogP contribution in [0.4, 0.5) is 0 Å². The Kier molecular flexibility index (Phi) is 2.22. The number of aryl methyl sites for hydroxylation is 1. The van der Waals surface area contributed by atoms with E-state index in [-0.39, 0.29) is 5.78 Å². The number of carbonyl (C=O) groups is 1. The molecule has 3 aromatic rings. The van der Waals surface area contributed by atoms with Crippen molar-refractivity contribution in [1.29, 1.82) is 0 Å². The highest BCUT2D eigenvalue weighted by Gasteiger charge is 2.14. The van der Waals surface area contributed by atoms with E-state index in [4.69, 9.17) is 0 Å². The molecule has 0 unspecified atom stereocenters. The lowest BCUT2D eigenvalue weighted by Gasteiger charge is -2.00. The van der Waals surface area contributed by atoms with Crippen LogP contribution in [0.1, 0.15) is 16.1 Å². The Hall–Kier alpha value is -2.08. The minimum atomic E-state index is -0.111. The zero-order valence-electron chi connectivity index (χ0n) is 8.99. The van der Waals surface area contributed by atoms with Gasteiger partial charge >= 0.3 is 0 Å². The molecule has 3 rings (SSSR count). The maximum absolute atomic E-state index is 12.2. The topological polar surface area (TPSA) is 60.7 Å². The van der Waals surface area contributed by atoms with Gasteiger partial charge in [-0.25, -0.2) is 4.68 Å². The van der Waals surface area contributed by atoms with E-state index in [2.05, 4.69) is 15.3 Å². The lowest BCUT2D eigenvalue weighted by Crippen LogP contribution is -2.08. The van der Waals surface area contributed by atoms with Gasteiger partial charge in [-0.15, -0.1) is 16.4 Å². The van der Waals surface area contributed by atoms with E-state index < -0.39 is 0 Å². The second-order valence-corrected chi connectivity index (χ2v) is 4.55. The molecule has 0 aliphatic rings. The van der Waals surface area contributed by atoms with Crippen molar-refractivity contribution in [1.82, 2.24) is 20.0 Å². The number of rotatable bonds is 2. The summed E-state index contributed by atoms with van der Waals surface area (Å²) in [5, 5.41) is 9.39. The minimum Gasteiger partial charge on any atom is -0.287 e. The number of aromatic nitrogens is 4. The fraction of sp³-hybridized carbons (Fsp3) is 0.0909. The van der Waals surface area contributed by atoms with Gasteiger partial charge < -0.3 is 0 Å². The van der Waals surface area contributed by atoms with Gasteiger partial charge in [-0.05, 0) is 17.5 Å². The quantitative estimate of drug-likeness (QED) is 0.643. The van der Waals surface area contributed by atoms with Crippen molar-refractivity contribution < 1.29 is 4.79 Å². The molecule has 6 heteroatoms. The number of hydrogen-bond acceptors (Lipinski definition) is 5. The smallest absolute Gasteiger partial charge is 0.214 e. The van der Waals surface area contributed by atoms with Crippen molar-refractivity contribution in [3.8, 4) is 0 Å². The molecule has 0 aliphatic heterocycles. The molecule has 0 saturated heterocycles. The van der Waals surface area contributed by atoms with Gasteiger partial charge in [0.2, 0.25) is 5.78 Å². The largest absolute Gasteiger partial charge is 0.287 e. The Morgan fingerprint density at radius 1 is 1.41 bits per heavy atom. The standard InChI is InChI=1S/C11H8N4OS/c1-15-9(6-13-14-15)11(16)7-4-10-8(12-5-7)2-3-17-10/h2-6H,1H3. The van der Waals surface area contributed by atoms with Gasteiger partial charge in [0.25, 0.3) is 0 Å². The van der Waals surface area contributed by atoms with Crippen molar-refractivity contribution in [2.45, 2.75) is 0 Å². The first kappa shape index (κ1) is 10.1. The number of hydrogen-bond donors (Lipinski definition) is 0. The highest BCUT2D eigenvalue weighted by molar-refractivity contribution is 7.17. The predicted molar refractivity (Wildman–Crippen MR) is 64.1 cm³/mol. The number of ketones is 1. The average Bonchev–Trinajstić information content (AvgIpc) is 2.95. The SMILES string of the molecule is Cn1nncc1C(=O)c1cnc2ccsc2c1. The molecular formula is C11H8N4OS. The van der Waals surface area contributed by atoms with Crippen LogP contribution in [-0.4, -0.2) is 25.8 Å². The van der Waals surface area contributed by atoms with Crippen molar-refractivity contribution in [2.75, 3.05) is 0 Å². The molecule has 0 bridgehead atoms. The number of pyridine rings is 1. The van der Waals surface area contributed by atoms with Gasteiger partial charge in [0.05, 0.1) is 16.4 Å². The van der Waals surface area contributed by atoms with Crippen LogP contribution < -0.4 is 0 Å². The summed E-state index contributed by atoms with van der Waals surface area (Å²) in [5.74, 6) is -0.111. The van der Waals surface area contributed by atoms with Gasteiger partial charge in [-0.3, -0.25) is 9.78 Å². The van der Waals surface area contributed by atoms with Crippen molar-refractivity contribution in [3.05, 3.63) is 41.2 Å². The number of fused-ring (bicyclic) bond motifs is 1. The van der Waals surface area contributed by atoms with E-state index in [1.54, 1.807) is 24.6 Å². The third-order valence-corrected chi connectivity index (χ3v) is 3.37. The highest BCUT2D eigenvalue weighted by atomic mass is 32.1. The normalized spacial score (nSPS) is 10.9. The summed E-state index contributed by atoms with van der Waals surface area (Å²) in [4.78, 5) is 16.4. The minimum absolute atomic E-state index is 0.111. The van der Waals surface area contributed by atoms with Crippen LogP contribution in [0, 0.1) is 0 Å². The molecule has 0 fully saturated rings. The fourth-order valence-corrected chi connectivity index (χ4v) is 2.39. The van der Waals surface area contributed by atoms with Crippen molar-refractivity contribution >= 4 is 27.3 Å². The van der Waals surface area contributed by atoms with Gasteiger partial charge in [0.1, 0.15) is 5.69 Å². The Balaban J connectivity index is 2.09. The van der Waals surface area contributed by atoms with Crippen LogP contribution >= 0.6 is 11.3 Å². The fourth-order valence-electron chi connectivity index (χ4n) is 1.61. The summed E-state index contributed by atoms with van der Waals surface area (Å²) in [6, 6.07) is 3.78. The van der Waals surface area contributed by atoms with E-state index in [1.807, 2.05) is 17.5 Å². The Labute approximate surface area is 101 Å². The van der Waals surface area contributed by atoms with Crippen LogP contribution in [-0.2, 0) is 7.05 Å². The molecule has 0 saturated carbocycles. The Bertz CT molecular complexity index is 700. The lowest BCUT2D eigenvalue weighted by atomic mass is 10.1. The van der Waals surface area contributed by atoms with Crippen LogP contribution in [0.5, 0.6) is 0 Å². The van der Waals surface area contributed by atoms with Crippen LogP contribution in [0.2, 0.25) is 0 Å². The summed E-state index contributed by atoms with van der Waals surface area (Å²) in [6.07, 6.45) is 3.05. The summed E-state index contributed by atoms with van der Waals surface area (Å²) in [5.41, 5.74) is 1.93. The van der Waals surface area contributed by atoms with Gasteiger partial charge in [-0.2, -0.15) is 0 Å². The third-order valence-electron chi connectivity index (χ3n) is 2.51. The first-order chi connectivity index (χ1) is 8.25. The van der Waals surface area contributed by atoms with E-state index in [1.165, 1.54) is 10.9 Å². The first-order valence-electron chi connectivity index (χ1n) is 4.98.